The van der Waals surface area contributed by atoms with Gasteiger partial charge < -0.3 is 4.57 Å². The molecule has 52 heavy (non-hydrogen) atoms. The summed E-state index contributed by atoms with van der Waals surface area (Å²) < 4.78 is 2.48. The van der Waals surface area contributed by atoms with Crippen molar-refractivity contribution in [1.29, 1.82) is 0 Å². The van der Waals surface area contributed by atoms with E-state index in [2.05, 4.69) is 193 Å². The molecule has 0 N–H and O–H groups in total. The fourth-order valence-corrected chi connectivity index (χ4v) is 9.98. The molecule has 0 atom stereocenters. The molecule has 0 aliphatic heterocycles. The molecule has 9 aromatic carbocycles. The molecule has 2 aliphatic rings. The van der Waals surface area contributed by atoms with Crippen molar-refractivity contribution in [3.63, 3.8) is 0 Å². The summed E-state index contributed by atoms with van der Waals surface area (Å²) in [5.41, 5.74) is 16.6. The third kappa shape index (κ3) is 3.43. The van der Waals surface area contributed by atoms with Crippen LogP contribution in [0.4, 0.5) is 0 Å². The van der Waals surface area contributed by atoms with E-state index >= 15 is 0 Å². The quantitative estimate of drug-likeness (QED) is 0.163. The van der Waals surface area contributed by atoms with Crippen LogP contribution in [-0.2, 0) is 5.41 Å². The number of fused-ring (bicyclic) bond motifs is 18. The Morgan fingerprint density at radius 1 is 0.327 bits per heavy atom. The van der Waals surface area contributed by atoms with Gasteiger partial charge in [-0.05, 0) is 102 Å². The molecule has 10 aromatic rings. The molecule has 12 rings (SSSR count). The highest BCUT2D eigenvalue weighted by molar-refractivity contribution is 6.32. The molecule has 1 spiro atoms. The zero-order chi connectivity index (χ0) is 34.0. The van der Waals surface area contributed by atoms with E-state index in [1.807, 2.05) is 0 Å². The number of hydrogen-bond acceptors (Lipinski definition) is 0. The van der Waals surface area contributed by atoms with Crippen molar-refractivity contribution < 1.29 is 0 Å². The molecule has 0 radical (unpaired) electrons. The fraction of sp³-hybridized carbons (Fsp3) is 0.0196. The Morgan fingerprint density at radius 3 is 1.46 bits per heavy atom. The predicted molar refractivity (Wildman–Crippen MR) is 218 cm³/mol. The van der Waals surface area contributed by atoms with Crippen LogP contribution in [0.1, 0.15) is 22.3 Å². The second-order valence-electron chi connectivity index (χ2n) is 14.4. The first-order chi connectivity index (χ1) is 25.8. The average Bonchev–Trinajstić information content (AvgIpc) is 3.83. The molecule has 0 saturated carbocycles. The molecule has 0 unspecified atom stereocenters. The number of rotatable bonds is 2. The molecular formula is C51H31N. The van der Waals surface area contributed by atoms with Crippen molar-refractivity contribution in [2.45, 2.75) is 5.41 Å². The smallest absolute Gasteiger partial charge is 0.0725 e. The first-order valence-corrected chi connectivity index (χ1v) is 18.2. The summed E-state index contributed by atoms with van der Waals surface area (Å²) in [6.45, 7) is 0. The Balaban J connectivity index is 1.17. The van der Waals surface area contributed by atoms with Gasteiger partial charge in [0.25, 0.3) is 0 Å². The van der Waals surface area contributed by atoms with Crippen molar-refractivity contribution in [3.05, 3.63) is 210 Å². The molecule has 1 nitrogen and oxygen atoms in total. The van der Waals surface area contributed by atoms with Gasteiger partial charge in [-0.15, -0.1) is 0 Å². The maximum atomic E-state index is 2.50. The monoisotopic (exact) mass is 657 g/mol. The van der Waals surface area contributed by atoms with Gasteiger partial charge in [-0.2, -0.15) is 0 Å². The van der Waals surface area contributed by atoms with Crippen LogP contribution in [0, 0.1) is 0 Å². The highest BCUT2D eigenvalue weighted by atomic mass is 15.0. The maximum Gasteiger partial charge on any atom is 0.0725 e. The van der Waals surface area contributed by atoms with Gasteiger partial charge in [0.05, 0.1) is 16.4 Å². The normalized spacial score (nSPS) is 13.5. The minimum atomic E-state index is -0.363. The Kier molecular flexibility index (Phi) is 5.49. The fourth-order valence-electron chi connectivity index (χ4n) is 9.98. The molecule has 0 saturated heterocycles. The summed E-state index contributed by atoms with van der Waals surface area (Å²) in [4.78, 5) is 0. The minimum Gasteiger partial charge on any atom is -0.309 e. The second-order valence-corrected chi connectivity index (χ2v) is 14.4. The number of benzene rings is 9. The van der Waals surface area contributed by atoms with Crippen LogP contribution in [0.5, 0.6) is 0 Å². The summed E-state index contributed by atoms with van der Waals surface area (Å²) in [5.74, 6) is 0. The van der Waals surface area contributed by atoms with Crippen molar-refractivity contribution in [2.75, 3.05) is 0 Å². The van der Waals surface area contributed by atoms with Crippen LogP contribution in [-0.4, -0.2) is 4.57 Å². The van der Waals surface area contributed by atoms with Gasteiger partial charge >= 0.3 is 0 Å². The van der Waals surface area contributed by atoms with Crippen LogP contribution in [0.3, 0.4) is 0 Å². The Bertz CT molecular complexity index is 3060. The van der Waals surface area contributed by atoms with Gasteiger partial charge in [-0.3, -0.25) is 0 Å². The molecule has 2 aliphatic carbocycles. The van der Waals surface area contributed by atoms with Gasteiger partial charge in [0.2, 0.25) is 0 Å². The predicted octanol–water partition coefficient (Wildman–Crippen LogP) is 13.1. The van der Waals surface area contributed by atoms with E-state index in [1.54, 1.807) is 0 Å². The Labute approximate surface area is 301 Å². The van der Waals surface area contributed by atoms with Crippen molar-refractivity contribution in [1.82, 2.24) is 4.57 Å². The number of hydrogen-bond donors (Lipinski definition) is 0. The van der Waals surface area contributed by atoms with Gasteiger partial charge in [0.1, 0.15) is 0 Å². The van der Waals surface area contributed by atoms with E-state index in [-0.39, 0.29) is 5.41 Å². The zero-order valence-electron chi connectivity index (χ0n) is 28.3. The molecule has 1 heteroatoms. The maximum absolute atomic E-state index is 2.50. The van der Waals surface area contributed by atoms with Gasteiger partial charge in [-0.25, -0.2) is 0 Å². The SMILES string of the molecule is c1ccc(-n2c3ccc(-c4ccc5c(c4)C4(c6ccccc6-c6ccccc64)c4ccccc4-5)cc3c3c4ccccc4c4ccccc4c32)cc1. The van der Waals surface area contributed by atoms with Crippen molar-refractivity contribution in [2.24, 2.45) is 0 Å². The summed E-state index contributed by atoms with van der Waals surface area (Å²) in [6, 6.07) is 70.2. The van der Waals surface area contributed by atoms with Gasteiger partial charge in [0.15, 0.2) is 0 Å². The van der Waals surface area contributed by atoms with Crippen molar-refractivity contribution in [3.8, 4) is 39.1 Å². The summed E-state index contributed by atoms with van der Waals surface area (Å²) in [7, 11) is 0. The average molecular weight is 658 g/mol. The van der Waals surface area contributed by atoms with E-state index in [0.29, 0.717) is 0 Å². The van der Waals surface area contributed by atoms with E-state index < -0.39 is 0 Å². The molecule has 240 valence electrons. The molecular weight excluding hydrogens is 627 g/mol. The lowest BCUT2D eigenvalue weighted by atomic mass is 9.70. The molecule has 1 heterocycles. The molecule has 0 fully saturated rings. The standard InChI is InChI=1S/C51H31N/c1-2-14-34(15-3-1)52-48-29-27-32(30-43(48)49-41-21-6-4-16-35(41)36-17-5-7-22-42(36)50(49)52)33-26-28-40-39-20-10-13-25-46(39)51(47(40)31-33)44-23-11-8-18-37(44)38-19-9-12-24-45(38)51/h1-31H. The highest BCUT2D eigenvalue weighted by Gasteiger charge is 2.51. The second kappa shape index (κ2) is 10.2. The Morgan fingerprint density at radius 2 is 0.808 bits per heavy atom. The number of para-hydroxylation sites is 1. The molecule has 1 aromatic heterocycles. The van der Waals surface area contributed by atoms with Crippen LogP contribution in [0.25, 0.3) is 82.4 Å². The van der Waals surface area contributed by atoms with E-state index in [9.17, 15) is 0 Å². The van der Waals surface area contributed by atoms with Gasteiger partial charge in [0, 0.05) is 21.8 Å². The van der Waals surface area contributed by atoms with Crippen LogP contribution < -0.4 is 0 Å². The minimum absolute atomic E-state index is 0.363. The highest BCUT2D eigenvalue weighted by Crippen LogP contribution is 2.63. The van der Waals surface area contributed by atoms with E-state index in [4.69, 9.17) is 0 Å². The molecule has 0 bridgehead atoms. The van der Waals surface area contributed by atoms with Crippen LogP contribution in [0.2, 0.25) is 0 Å². The lowest BCUT2D eigenvalue weighted by Gasteiger charge is -2.30. The third-order valence-corrected chi connectivity index (χ3v) is 12.0. The summed E-state index contributed by atoms with van der Waals surface area (Å²) in [6.07, 6.45) is 0. The van der Waals surface area contributed by atoms with E-state index in [1.165, 1.54) is 105 Å². The summed E-state index contributed by atoms with van der Waals surface area (Å²) in [5, 5.41) is 7.71. The van der Waals surface area contributed by atoms with E-state index in [0.717, 1.165) is 0 Å². The Hall–Kier alpha value is -6.70. The van der Waals surface area contributed by atoms with Crippen LogP contribution >= 0.6 is 0 Å². The first-order valence-electron chi connectivity index (χ1n) is 18.2. The lowest BCUT2D eigenvalue weighted by molar-refractivity contribution is 0.794. The zero-order valence-corrected chi connectivity index (χ0v) is 28.3. The lowest BCUT2D eigenvalue weighted by Crippen LogP contribution is -2.25. The third-order valence-electron chi connectivity index (χ3n) is 12.0. The largest absolute Gasteiger partial charge is 0.309 e. The van der Waals surface area contributed by atoms with Crippen molar-refractivity contribution >= 4 is 43.4 Å². The first kappa shape index (κ1) is 28.0. The molecule has 0 amide bonds. The topological polar surface area (TPSA) is 4.93 Å². The van der Waals surface area contributed by atoms with Crippen LogP contribution in [0.15, 0.2) is 188 Å². The number of nitrogens with zero attached hydrogens (tertiary/aromatic N) is 1. The summed E-state index contributed by atoms with van der Waals surface area (Å²) >= 11 is 0. The number of aromatic nitrogens is 1. The van der Waals surface area contributed by atoms with Gasteiger partial charge in [-0.1, -0.05) is 158 Å².